The van der Waals surface area contributed by atoms with Gasteiger partial charge < -0.3 is 0 Å². The molecule has 1 aromatic carbocycles. The summed E-state index contributed by atoms with van der Waals surface area (Å²) in [5.74, 6) is 1.42. The molecule has 1 fully saturated rings. The fourth-order valence-corrected chi connectivity index (χ4v) is 2.70. The molecule has 0 unspecified atom stereocenters. The summed E-state index contributed by atoms with van der Waals surface area (Å²) in [5, 5.41) is 0. The lowest BCUT2D eigenvalue weighted by molar-refractivity contribution is -0.131. The average Bonchev–Trinajstić information content (AvgIpc) is 2.16. The van der Waals surface area contributed by atoms with E-state index in [0.29, 0.717) is 17.6 Å². The Hall–Kier alpha value is -1.11. The van der Waals surface area contributed by atoms with Crippen LogP contribution < -0.4 is 0 Å². The van der Waals surface area contributed by atoms with Gasteiger partial charge in [0.05, 0.1) is 0 Å². The summed E-state index contributed by atoms with van der Waals surface area (Å²) in [4.78, 5) is 11.3. The maximum Gasteiger partial charge on any atom is 0.137 e. The Morgan fingerprint density at radius 2 is 2.00 bits per heavy atom. The number of benzene rings is 1. The number of ketones is 1. The molecule has 0 amide bonds. The van der Waals surface area contributed by atoms with E-state index in [4.69, 9.17) is 0 Å². The van der Waals surface area contributed by atoms with E-state index >= 15 is 0 Å². The lowest BCUT2D eigenvalue weighted by atomic mass is 9.62. The molecule has 0 aliphatic heterocycles. The first-order valence-electron chi connectivity index (χ1n) is 4.97. The molecule has 0 saturated heterocycles. The van der Waals surface area contributed by atoms with Gasteiger partial charge >= 0.3 is 0 Å². The summed E-state index contributed by atoms with van der Waals surface area (Å²) >= 11 is 0. The van der Waals surface area contributed by atoms with Gasteiger partial charge in [-0.2, -0.15) is 0 Å². The predicted molar refractivity (Wildman–Crippen MR) is 50.6 cm³/mol. The van der Waals surface area contributed by atoms with Gasteiger partial charge in [0.2, 0.25) is 0 Å². The minimum Gasteiger partial charge on any atom is -0.299 e. The molecule has 0 N–H and O–H groups in total. The largest absolute Gasteiger partial charge is 0.299 e. The highest BCUT2D eigenvalue weighted by Gasteiger charge is 2.43. The van der Waals surface area contributed by atoms with Crippen LogP contribution in [0.5, 0.6) is 0 Å². The van der Waals surface area contributed by atoms with Gasteiger partial charge in [-0.25, -0.2) is 0 Å². The van der Waals surface area contributed by atoms with Crippen LogP contribution >= 0.6 is 0 Å². The van der Waals surface area contributed by atoms with Gasteiger partial charge in [0.15, 0.2) is 0 Å². The van der Waals surface area contributed by atoms with Crippen LogP contribution in [0.3, 0.4) is 0 Å². The minimum absolute atomic E-state index is 0.370. The lowest BCUT2D eigenvalue weighted by Crippen LogP contribution is -2.38. The monoisotopic (exact) mass is 172 g/mol. The van der Waals surface area contributed by atoms with Crippen molar-refractivity contribution in [2.45, 2.75) is 25.2 Å². The molecule has 13 heavy (non-hydrogen) atoms. The maximum atomic E-state index is 11.3. The van der Waals surface area contributed by atoms with E-state index in [-0.39, 0.29) is 0 Å². The fraction of sp³-hybridized carbons (Fsp3) is 0.417. The third kappa shape index (κ3) is 0.902. The summed E-state index contributed by atoms with van der Waals surface area (Å²) < 4.78 is 0. The highest BCUT2D eigenvalue weighted by atomic mass is 16.1. The maximum absolute atomic E-state index is 11.3. The molecule has 1 heteroatoms. The Bertz CT molecular complexity index is 367. The smallest absolute Gasteiger partial charge is 0.137 e. The zero-order valence-electron chi connectivity index (χ0n) is 7.49. The minimum atomic E-state index is 0.370. The molecular weight excluding hydrogens is 160 g/mol. The third-order valence-electron chi connectivity index (χ3n) is 3.50. The summed E-state index contributed by atoms with van der Waals surface area (Å²) in [6, 6.07) is 8.58. The van der Waals surface area contributed by atoms with Crippen molar-refractivity contribution in [2.24, 2.45) is 5.92 Å². The lowest BCUT2D eigenvalue weighted by Gasteiger charge is -2.40. The van der Waals surface area contributed by atoms with E-state index in [1.807, 2.05) is 0 Å². The zero-order chi connectivity index (χ0) is 8.84. The number of fused-ring (bicyclic) bond motifs is 3. The topological polar surface area (TPSA) is 17.1 Å². The second-order valence-corrected chi connectivity index (χ2v) is 4.12. The number of hydrogen-bond acceptors (Lipinski definition) is 1. The second-order valence-electron chi connectivity index (χ2n) is 4.12. The van der Waals surface area contributed by atoms with Gasteiger partial charge in [-0.05, 0) is 24.0 Å². The normalized spacial score (nSPS) is 30.3. The molecule has 1 nitrogen and oxygen atoms in total. The van der Waals surface area contributed by atoms with Gasteiger partial charge in [-0.1, -0.05) is 24.3 Å². The van der Waals surface area contributed by atoms with Gasteiger partial charge in [0, 0.05) is 18.3 Å². The van der Waals surface area contributed by atoms with Crippen LogP contribution in [-0.2, 0) is 11.2 Å². The first-order chi connectivity index (χ1) is 6.36. The third-order valence-corrected chi connectivity index (χ3v) is 3.50. The van der Waals surface area contributed by atoms with Crippen molar-refractivity contribution in [3.8, 4) is 0 Å². The number of Topliss-reactive ketones (excluding diaryl/α,β-unsaturated/α-hetero) is 1. The molecule has 2 atom stereocenters. The van der Waals surface area contributed by atoms with Gasteiger partial charge in [0.1, 0.15) is 5.78 Å². The van der Waals surface area contributed by atoms with Crippen molar-refractivity contribution >= 4 is 5.78 Å². The first kappa shape index (κ1) is 7.31. The van der Waals surface area contributed by atoms with Crippen molar-refractivity contribution < 1.29 is 4.79 Å². The van der Waals surface area contributed by atoms with Crippen LogP contribution in [0.15, 0.2) is 24.3 Å². The highest BCUT2D eigenvalue weighted by Crippen LogP contribution is 2.46. The Balaban J connectivity index is 2.05. The summed E-state index contributed by atoms with van der Waals surface area (Å²) in [6.07, 6.45) is 2.98. The number of carbonyl (C=O) groups excluding carboxylic acids is 1. The molecule has 0 aromatic heterocycles. The van der Waals surface area contributed by atoms with Crippen LogP contribution in [0.2, 0.25) is 0 Å². The van der Waals surface area contributed by atoms with Crippen molar-refractivity contribution in [3.05, 3.63) is 35.4 Å². The molecule has 0 bridgehead atoms. The number of carbonyl (C=O) groups is 1. The Kier molecular flexibility index (Phi) is 1.37. The van der Waals surface area contributed by atoms with Crippen molar-refractivity contribution in [3.63, 3.8) is 0 Å². The SMILES string of the molecule is O=C1C[C@H]2c3ccccc3CC[C@@H]12. The molecule has 0 heterocycles. The first-order valence-corrected chi connectivity index (χ1v) is 4.97. The molecule has 0 radical (unpaired) electrons. The van der Waals surface area contributed by atoms with Crippen LogP contribution in [0.25, 0.3) is 0 Å². The number of hydrogen-bond donors (Lipinski definition) is 0. The standard InChI is InChI=1S/C12H12O/c13-12-7-11-9-4-2-1-3-8(9)5-6-10(11)12/h1-4,10-11H,5-7H2/t10-,11+/m1/s1. The summed E-state index contributed by atoms with van der Waals surface area (Å²) in [6.45, 7) is 0. The fourth-order valence-electron chi connectivity index (χ4n) is 2.70. The van der Waals surface area contributed by atoms with Crippen LogP contribution in [0.1, 0.15) is 29.9 Å². The Morgan fingerprint density at radius 1 is 1.15 bits per heavy atom. The van der Waals surface area contributed by atoms with E-state index in [0.717, 1.165) is 19.3 Å². The van der Waals surface area contributed by atoms with Crippen LogP contribution in [-0.4, -0.2) is 5.78 Å². The van der Waals surface area contributed by atoms with E-state index in [1.165, 1.54) is 11.1 Å². The van der Waals surface area contributed by atoms with E-state index in [1.54, 1.807) is 0 Å². The van der Waals surface area contributed by atoms with Crippen molar-refractivity contribution in [1.82, 2.24) is 0 Å². The molecule has 2 aliphatic carbocycles. The van der Waals surface area contributed by atoms with E-state index in [9.17, 15) is 4.79 Å². The molecule has 1 saturated carbocycles. The molecule has 3 rings (SSSR count). The van der Waals surface area contributed by atoms with Crippen molar-refractivity contribution in [1.29, 1.82) is 0 Å². The van der Waals surface area contributed by atoms with Crippen molar-refractivity contribution in [2.75, 3.05) is 0 Å². The van der Waals surface area contributed by atoms with E-state index < -0.39 is 0 Å². The average molecular weight is 172 g/mol. The second kappa shape index (κ2) is 2.44. The Labute approximate surface area is 77.8 Å². The summed E-state index contributed by atoms with van der Waals surface area (Å²) in [5.41, 5.74) is 2.91. The zero-order valence-corrected chi connectivity index (χ0v) is 7.49. The molecule has 0 spiro atoms. The van der Waals surface area contributed by atoms with Gasteiger partial charge in [-0.15, -0.1) is 0 Å². The molecule has 1 aromatic rings. The predicted octanol–water partition coefficient (Wildman–Crippen LogP) is 2.31. The van der Waals surface area contributed by atoms with Gasteiger partial charge in [-0.3, -0.25) is 4.79 Å². The van der Waals surface area contributed by atoms with Crippen LogP contribution in [0, 0.1) is 5.92 Å². The molecular formula is C12H12O. The van der Waals surface area contributed by atoms with Gasteiger partial charge in [0.25, 0.3) is 0 Å². The molecule has 2 aliphatic rings. The summed E-state index contributed by atoms with van der Waals surface area (Å²) in [7, 11) is 0. The number of aryl methyl sites for hydroxylation is 1. The molecule has 66 valence electrons. The highest BCUT2D eigenvalue weighted by molar-refractivity contribution is 5.90. The Morgan fingerprint density at radius 3 is 2.85 bits per heavy atom. The number of rotatable bonds is 0. The van der Waals surface area contributed by atoms with E-state index in [2.05, 4.69) is 24.3 Å². The quantitative estimate of drug-likeness (QED) is 0.587. The van der Waals surface area contributed by atoms with Crippen LogP contribution in [0.4, 0.5) is 0 Å².